The molecule has 0 amide bonds. The summed E-state index contributed by atoms with van der Waals surface area (Å²) in [6.07, 6.45) is 0. The molecule has 0 saturated heterocycles. The van der Waals surface area contributed by atoms with E-state index in [0.29, 0.717) is 23.4 Å². The van der Waals surface area contributed by atoms with Crippen LogP contribution < -0.4 is 15.6 Å². The highest BCUT2D eigenvalue weighted by Crippen LogP contribution is 2.23. The molecule has 0 spiro atoms. The zero-order chi connectivity index (χ0) is 21.1. The van der Waals surface area contributed by atoms with Crippen LogP contribution in [0.15, 0.2) is 82.1 Å². The fourth-order valence-electron chi connectivity index (χ4n) is 3.46. The number of methoxy groups -OCH3 is 1. The number of nitrogens with one attached hydrogen (secondary N) is 1. The minimum Gasteiger partial charge on any atom is -0.497 e. The molecule has 1 N–H and O–H groups in total. The number of rotatable bonds is 6. The van der Waals surface area contributed by atoms with Crippen LogP contribution in [0.25, 0.3) is 10.9 Å². The van der Waals surface area contributed by atoms with Crippen molar-refractivity contribution in [1.29, 1.82) is 0 Å². The zero-order valence-electron chi connectivity index (χ0n) is 16.8. The van der Waals surface area contributed by atoms with E-state index < -0.39 is 0 Å². The molecule has 0 unspecified atom stereocenters. The van der Waals surface area contributed by atoms with Gasteiger partial charge in [-0.3, -0.25) is 9.36 Å². The Morgan fingerprint density at radius 3 is 2.50 bits per heavy atom. The molecule has 4 rings (SSSR count). The van der Waals surface area contributed by atoms with Crippen LogP contribution in [0.2, 0.25) is 0 Å². The van der Waals surface area contributed by atoms with Gasteiger partial charge in [-0.05, 0) is 48.4 Å². The summed E-state index contributed by atoms with van der Waals surface area (Å²) in [6.45, 7) is 2.56. The minimum absolute atomic E-state index is 0.0742. The molecule has 30 heavy (non-hydrogen) atoms. The molecular weight excluding hydrogens is 442 g/mol. The number of anilines is 1. The van der Waals surface area contributed by atoms with Crippen LogP contribution >= 0.6 is 15.9 Å². The number of aromatic nitrogens is 2. The molecule has 0 bridgehead atoms. The lowest BCUT2D eigenvalue weighted by Crippen LogP contribution is -2.28. The van der Waals surface area contributed by atoms with E-state index >= 15 is 0 Å². The van der Waals surface area contributed by atoms with Crippen molar-refractivity contribution in [2.45, 2.75) is 19.5 Å². The number of ether oxygens (including phenoxy) is 1. The van der Waals surface area contributed by atoms with E-state index in [1.165, 1.54) is 0 Å². The van der Waals surface area contributed by atoms with Crippen LogP contribution in [0.5, 0.6) is 5.75 Å². The maximum absolute atomic E-state index is 13.5. The quantitative estimate of drug-likeness (QED) is 0.416. The summed E-state index contributed by atoms with van der Waals surface area (Å²) < 4.78 is 7.81. The van der Waals surface area contributed by atoms with Crippen molar-refractivity contribution in [3.63, 3.8) is 0 Å². The molecule has 1 heterocycles. The van der Waals surface area contributed by atoms with Gasteiger partial charge in [-0.15, -0.1) is 0 Å². The van der Waals surface area contributed by atoms with Crippen LogP contribution in [-0.2, 0) is 6.54 Å². The maximum atomic E-state index is 13.5. The van der Waals surface area contributed by atoms with Gasteiger partial charge in [-0.2, -0.15) is 0 Å². The Bertz CT molecular complexity index is 1220. The summed E-state index contributed by atoms with van der Waals surface area (Å²) in [4.78, 5) is 18.2. The summed E-state index contributed by atoms with van der Waals surface area (Å²) in [6, 6.07) is 23.2. The summed E-state index contributed by atoms with van der Waals surface area (Å²) in [5, 5.41) is 3.95. The fourth-order valence-corrected chi connectivity index (χ4v) is 3.82. The minimum atomic E-state index is -0.173. The van der Waals surface area contributed by atoms with Crippen LogP contribution in [-0.4, -0.2) is 16.7 Å². The first-order valence-corrected chi connectivity index (χ1v) is 10.5. The van der Waals surface area contributed by atoms with E-state index in [1.54, 1.807) is 11.7 Å². The summed E-state index contributed by atoms with van der Waals surface area (Å²) in [7, 11) is 1.65. The molecule has 0 aliphatic rings. The molecular formula is C24H22BrN3O2. The van der Waals surface area contributed by atoms with Crippen LogP contribution in [0.4, 0.5) is 5.95 Å². The lowest BCUT2D eigenvalue weighted by atomic mass is 10.1. The highest BCUT2D eigenvalue weighted by atomic mass is 79.9. The van der Waals surface area contributed by atoms with E-state index in [2.05, 4.69) is 21.2 Å². The first kappa shape index (κ1) is 20.2. The first-order valence-electron chi connectivity index (χ1n) is 9.70. The van der Waals surface area contributed by atoms with Crippen molar-refractivity contribution in [3.05, 3.63) is 98.7 Å². The summed E-state index contributed by atoms with van der Waals surface area (Å²) in [5.41, 5.74) is 2.70. The number of hydrogen-bond acceptors (Lipinski definition) is 4. The fraction of sp³-hybridized carbons (Fsp3) is 0.167. The van der Waals surface area contributed by atoms with Gasteiger partial charge in [0.25, 0.3) is 5.56 Å². The Morgan fingerprint density at radius 2 is 1.80 bits per heavy atom. The van der Waals surface area contributed by atoms with E-state index in [0.717, 1.165) is 21.3 Å². The lowest BCUT2D eigenvalue weighted by Gasteiger charge is -2.21. The molecule has 0 saturated carbocycles. The molecule has 0 fully saturated rings. The van der Waals surface area contributed by atoms with Gasteiger partial charge in [0, 0.05) is 11.0 Å². The van der Waals surface area contributed by atoms with Gasteiger partial charge < -0.3 is 10.1 Å². The number of nitrogens with zero attached hydrogens (tertiary/aromatic N) is 2. The third kappa shape index (κ3) is 4.09. The standard InChI is InChI=1S/C24H22BrN3O2/c1-16(18-6-4-3-5-7-18)28-23(29)21-14-19(25)10-13-22(21)27-24(28)26-15-17-8-11-20(30-2)12-9-17/h3-14,16H,15H2,1-2H3,(H,26,27)/t16-/m0/s1. The Kier molecular flexibility index (Phi) is 5.86. The highest BCUT2D eigenvalue weighted by Gasteiger charge is 2.17. The Morgan fingerprint density at radius 1 is 1.07 bits per heavy atom. The number of fused-ring (bicyclic) bond motifs is 1. The van der Waals surface area contributed by atoms with Gasteiger partial charge in [0.1, 0.15) is 5.75 Å². The highest BCUT2D eigenvalue weighted by molar-refractivity contribution is 9.10. The van der Waals surface area contributed by atoms with E-state index in [4.69, 9.17) is 9.72 Å². The Hall–Kier alpha value is -3.12. The molecule has 1 atom stereocenters. The number of benzene rings is 3. The lowest BCUT2D eigenvalue weighted by molar-refractivity contribution is 0.414. The second kappa shape index (κ2) is 8.71. The van der Waals surface area contributed by atoms with Crippen molar-refractivity contribution in [2.24, 2.45) is 0 Å². The molecule has 3 aromatic carbocycles. The SMILES string of the molecule is COc1ccc(CNc2nc3ccc(Br)cc3c(=O)n2[C@@H](C)c2ccccc2)cc1. The Balaban J connectivity index is 1.78. The third-order valence-electron chi connectivity index (χ3n) is 5.14. The topological polar surface area (TPSA) is 56.1 Å². The van der Waals surface area contributed by atoms with Crippen LogP contribution in [0, 0.1) is 0 Å². The average molecular weight is 464 g/mol. The van der Waals surface area contributed by atoms with Gasteiger partial charge in [-0.1, -0.05) is 58.4 Å². The molecule has 0 radical (unpaired) electrons. The van der Waals surface area contributed by atoms with Gasteiger partial charge >= 0.3 is 0 Å². The molecule has 4 aromatic rings. The average Bonchev–Trinajstić information content (AvgIpc) is 2.79. The zero-order valence-corrected chi connectivity index (χ0v) is 18.4. The van der Waals surface area contributed by atoms with E-state index in [-0.39, 0.29) is 11.6 Å². The van der Waals surface area contributed by atoms with Gasteiger partial charge in [-0.25, -0.2) is 4.98 Å². The molecule has 0 aliphatic heterocycles. The predicted molar refractivity (Wildman–Crippen MR) is 124 cm³/mol. The molecule has 152 valence electrons. The smallest absolute Gasteiger partial charge is 0.263 e. The summed E-state index contributed by atoms with van der Waals surface area (Å²) in [5.74, 6) is 1.35. The van der Waals surface area contributed by atoms with Crippen LogP contribution in [0.3, 0.4) is 0 Å². The first-order chi connectivity index (χ1) is 14.6. The number of hydrogen-bond donors (Lipinski definition) is 1. The van der Waals surface area contributed by atoms with E-state index in [1.807, 2.05) is 79.7 Å². The predicted octanol–water partition coefficient (Wildman–Crippen LogP) is 5.39. The largest absolute Gasteiger partial charge is 0.497 e. The van der Waals surface area contributed by atoms with Crippen molar-refractivity contribution in [3.8, 4) is 5.75 Å². The second-order valence-corrected chi connectivity index (χ2v) is 7.98. The molecule has 5 nitrogen and oxygen atoms in total. The van der Waals surface area contributed by atoms with Crippen molar-refractivity contribution < 1.29 is 4.74 Å². The normalized spacial score (nSPS) is 12.0. The van der Waals surface area contributed by atoms with Crippen molar-refractivity contribution in [2.75, 3.05) is 12.4 Å². The van der Waals surface area contributed by atoms with Gasteiger partial charge in [0.15, 0.2) is 0 Å². The van der Waals surface area contributed by atoms with Crippen LogP contribution in [0.1, 0.15) is 24.1 Å². The Labute approximate surface area is 183 Å². The molecule has 6 heteroatoms. The number of halogens is 1. The summed E-state index contributed by atoms with van der Waals surface area (Å²) >= 11 is 3.46. The maximum Gasteiger partial charge on any atom is 0.263 e. The molecule has 0 aliphatic carbocycles. The van der Waals surface area contributed by atoms with Gasteiger partial charge in [0.2, 0.25) is 5.95 Å². The van der Waals surface area contributed by atoms with Gasteiger partial charge in [0.05, 0.1) is 24.1 Å². The second-order valence-electron chi connectivity index (χ2n) is 7.06. The van der Waals surface area contributed by atoms with Crippen molar-refractivity contribution in [1.82, 2.24) is 9.55 Å². The van der Waals surface area contributed by atoms with Crippen molar-refractivity contribution >= 4 is 32.8 Å². The van der Waals surface area contributed by atoms with E-state index in [9.17, 15) is 4.79 Å². The third-order valence-corrected chi connectivity index (χ3v) is 5.63. The molecule has 1 aromatic heterocycles. The monoisotopic (exact) mass is 463 g/mol.